The molecule has 0 saturated carbocycles. The number of sulfonamides is 1. The van der Waals surface area contributed by atoms with Crippen LogP contribution in [0.5, 0.6) is 0 Å². The van der Waals surface area contributed by atoms with Gasteiger partial charge in [-0.3, -0.25) is 4.79 Å². The van der Waals surface area contributed by atoms with E-state index in [0.29, 0.717) is 6.07 Å². The van der Waals surface area contributed by atoms with E-state index in [0.717, 1.165) is 26.2 Å². The van der Waals surface area contributed by atoms with Gasteiger partial charge in [0.25, 0.3) is 0 Å². The Kier molecular flexibility index (Phi) is 6.61. The molecule has 2 heterocycles. The third-order valence-electron chi connectivity index (χ3n) is 4.58. The average molecular weight is 479 g/mol. The summed E-state index contributed by atoms with van der Waals surface area (Å²) in [5.74, 6) is -0.246. The first kappa shape index (κ1) is 22.8. The molecule has 0 N–H and O–H groups in total. The molecule has 1 fully saturated rings. The van der Waals surface area contributed by atoms with Crippen molar-refractivity contribution in [2.45, 2.75) is 18.0 Å². The number of carbonyl (C=O) groups is 1. The molecule has 1 aromatic carbocycles. The quantitative estimate of drug-likeness (QED) is 0.616. The van der Waals surface area contributed by atoms with Crippen LogP contribution in [0.15, 0.2) is 41.3 Å². The number of benzene rings is 1. The fourth-order valence-corrected chi connectivity index (χ4v) is 5.44. The lowest BCUT2D eigenvalue weighted by molar-refractivity contribution is -0.137. The molecule has 1 aromatic heterocycles. The summed E-state index contributed by atoms with van der Waals surface area (Å²) in [6, 6.07) is 6.36. The molecule has 5 nitrogen and oxygen atoms in total. The predicted octanol–water partition coefficient (Wildman–Crippen LogP) is 4.28. The third kappa shape index (κ3) is 5.05. The number of thiophene rings is 1. The van der Waals surface area contributed by atoms with Crippen molar-refractivity contribution >= 4 is 44.9 Å². The van der Waals surface area contributed by atoms with Crippen LogP contribution in [0.1, 0.15) is 15.3 Å². The highest BCUT2D eigenvalue weighted by atomic mass is 35.5. The van der Waals surface area contributed by atoms with Crippen LogP contribution in [0, 0.1) is 6.92 Å². The zero-order chi connectivity index (χ0) is 22.1. The van der Waals surface area contributed by atoms with Crippen molar-refractivity contribution in [1.82, 2.24) is 9.21 Å². The van der Waals surface area contributed by atoms with Crippen LogP contribution in [-0.4, -0.2) is 49.7 Å². The first-order valence-electron chi connectivity index (χ1n) is 8.89. The van der Waals surface area contributed by atoms with Gasteiger partial charge in [0.1, 0.15) is 0 Å². The van der Waals surface area contributed by atoms with Crippen molar-refractivity contribution < 1.29 is 26.4 Å². The third-order valence-corrected chi connectivity index (χ3v) is 7.77. The first-order valence-corrected chi connectivity index (χ1v) is 11.5. The second kappa shape index (κ2) is 8.70. The molecule has 0 radical (unpaired) electrons. The first-order chi connectivity index (χ1) is 14.0. The van der Waals surface area contributed by atoms with E-state index in [9.17, 15) is 26.4 Å². The fourth-order valence-electron chi connectivity index (χ4n) is 2.98. The molecule has 1 saturated heterocycles. The Hall–Kier alpha value is -1.88. The molecular weight excluding hydrogens is 461 g/mol. The van der Waals surface area contributed by atoms with Crippen molar-refractivity contribution in [3.05, 3.63) is 56.7 Å². The van der Waals surface area contributed by atoms with Crippen molar-refractivity contribution in [2.75, 3.05) is 26.2 Å². The molecular formula is C19H18ClF3N2O3S2. The Morgan fingerprint density at radius 2 is 1.80 bits per heavy atom. The van der Waals surface area contributed by atoms with Gasteiger partial charge in [0.05, 0.1) is 15.5 Å². The van der Waals surface area contributed by atoms with E-state index < -0.39 is 31.7 Å². The lowest BCUT2D eigenvalue weighted by Crippen LogP contribution is -2.50. The molecule has 3 rings (SSSR count). The number of hydrogen-bond acceptors (Lipinski definition) is 4. The number of aryl methyl sites for hydroxylation is 1. The van der Waals surface area contributed by atoms with E-state index in [-0.39, 0.29) is 32.1 Å². The Bertz CT molecular complexity index is 1070. The maximum absolute atomic E-state index is 13.1. The van der Waals surface area contributed by atoms with Gasteiger partial charge in [-0.05, 0) is 43.3 Å². The van der Waals surface area contributed by atoms with Crippen LogP contribution < -0.4 is 0 Å². The van der Waals surface area contributed by atoms with Crippen LogP contribution in [0.4, 0.5) is 13.2 Å². The number of halogens is 4. The summed E-state index contributed by atoms with van der Waals surface area (Å²) in [6.07, 6.45) is -1.62. The smallest absolute Gasteiger partial charge is 0.337 e. The van der Waals surface area contributed by atoms with E-state index in [2.05, 4.69) is 0 Å². The van der Waals surface area contributed by atoms with Gasteiger partial charge < -0.3 is 4.90 Å². The summed E-state index contributed by atoms with van der Waals surface area (Å²) in [6.45, 7) is 2.23. The maximum Gasteiger partial charge on any atom is 0.417 e. The number of hydrogen-bond donors (Lipinski definition) is 0. The van der Waals surface area contributed by atoms with Gasteiger partial charge in [-0.2, -0.15) is 17.5 Å². The van der Waals surface area contributed by atoms with Crippen LogP contribution >= 0.6 is 22.9 Å². The van der Waals surface area contributed by atoms with Crippen LogP contribution in [0.3, 0.4) is 0 Å². The summed E-state index contributed by atoms with van der Waals surface area (Å²) in [5.41, 5.74) is -1.20. The average Bonchev–Trinajstić information content (AvgIpc) is 3.10. The molecule has 162 valence electrons. The van der Waals surface area contributed by atoms with Crippen LogP contribution in [-0.2, 0) is 21.0 Å². The van der Waals surface area contributed by atoms with Crippen LogP contribution in [0.2, 0.25) is 5.02 Å². The van der Waals surface area contributed by atoms with E-state index >= 15 is 0 Å². The van der Waals surface area contributed by atoms with Crippen molar-refractivity contribution in [3.63, 3.8) is 0 Å². The molecule has 30 heavy (non-hydrogen) atoms. The topological polar surface area (TPSA) is 57.7 Å². The molecule has 0 aliphatic carbocycles. The van der Waals surface area contributed by atoms with E-state index in [1.54, 1.807) is 17.4 Å². The number of carbonyl (C=O) groups excluding carboxylic acids is 1. The molecule has 11 heteroatoms. The molecule has 1 aliphatic rings. The maximum atomic E-state index is 13.1. The lowest BCUT2D eigenvalue weighted by Gasteiger charge is -2.33. The molecule has 0 unspecified atom stereocenters. The highest BCUT2D eigenvalue weighted by molar-refractivity contribution is 7.89. The Labute approximate surface area is 181 Å². The van der Waals surface area contributed by atoms with Crippen molar-refractivity contribution in [3.8, 4) is 0 Å². The Morgan fingerprint density at radius 3 is 2.37 bits per heavy atom. The van der Waals surface area contributed by atoms with E-state index in [1.807, 2.05) is 19.1 Å². The number of piperazine rings is 1. The molecule has 0 spiro atoms. The summed E-state index contributed by atoms with van der Waals surface area (Å²) in [4.78, 5) is 15.4. The van der Waals surface area contributed by atoms with Gasteiger partial charge in [-0.1, -0.05) is 11.6 Å². The molecule has 2 aromatic rings. The highest BCUT2D eigenvalue weighted by Crippen LogP contribution is 2.36. The van der Waals surface area contributed by atoms with Gasteiger partial charge >= 0.3 is 6.18 Å². The van der Waals surface area contributed by atoms with Gasteiger partial charge in [0.2, 0.25) is 15.9 Å². The SMILES string of the molecule is Cc1ccc(/C=C/C(=O)N2CCN(S(=O)(=O)c3ccc(Cl)c(C(F)(F)F)c3)CC2)s1. The summed E-state index contributed by atoms with van der Waals surface area (Å²) in [7, 11) is -4.14. The highest BCUT2D eigenvalue weighted by Gasteiger charge is 2.36. The predicted molar refractivity (Wildman–Crippen MR) is 110 cm³/mol. The molecule has 0 atom stereocenters. The fraction of sp³-hybridized carbons (Fsp3) is 0.316. The van der Waals surface area contributed by atoms with Gasteiger partial charge in [0, 0.05) is 42.0 Å². The zero-order valence-electron chi connectivity index (χ0n) is 15.8. The summed E-state index contributed by atoms with van der Waals surface area (Å²) in [5, 5.41) is -0.565. The second-order valence-electron chi connectivity index (χ2n) is 6.65. The number of alkyl halides is 3. The molecule has 1 aliphatic heterocycles. The van der Waals surface area contributed by atoms with Crippen molar-refractivity contribution in [2.24, 2.45) is 0 Å². The van der Waals surface area contributed by atoms with Crippen molar-refractivity contribution in [1.29, 1.82) is 0 Å². The number of nitrogens with zero attached hydrogens (tertiary/aromatic N) is 2. The number of amides is 1. The standard InChI is InChI=1S/C19H18ClF3N2O3S2/c1-13-2-3-14(29-13)4-7-18(26)24-8-10-25(11-9-24)30(27,28)15-5-6-17(20)16(12-15)19(21,22)23/h2-7,12H,8-11H2,1H3/b7-4+. The van der Waals surface area contributed by atoms with Crippen LogP contribution in [0.25, 0.3) is 6.08 Å². The minimum atomic E-state index is -4.76. The molecule has 1 amide bonds. The lowest BCUT2D eigenvalue weighted by atomic mass is 10.2. The van der Waals surface area contributed by atoms with Gasteiger partial charge in [-0.25, -0.2) is 8.42 Å². The van der Waals surface area contributed by atoms with E-state index in [4.69, 9.17) is 11.6 Å². The Balaban J connectivity index is 1.68. The molecule has 0 bridgehead atoms. The van der Waals surface area contributed by atoms with Gasteiger partial charge in [-0.15, -0.1) is 11.3 Å². The summed E-state index contributed by atoms with van der Waals surface area (Å²) < 4.78 is 65.8. The van der Waals surface area contributed by atoms with E-state index in [1.165, 1.54) is 11.0 Å². The largest absolute Gasteiger partial charge is 0.417 e. The summed E-state index contributed by atoms with van der Waals surface area (Å²) >= 11 is 7.11. The zero-order valence-corrected chi connectivity index (χ0v) is 18.2. The number of rotatable bonds is 4. The Morgan fingerprint density at radius 1 is 1.13 bits per heavy atom. The minimum Gasteiger partial charge on any atom is -0.337 e. The minimum absolute atomic E-state index is 0.00992. The normalized spacial score (nSPS) is 16.4. The van der Waals surface area contributed by atoms with Gasteiger partial charge in [0.15, 0.2) is 0 Å². The second-order valence-corrected chi connectivity index (χ2v) is 10.3. The monoisotopic (exact) mass is 478 g/mol.